The largest absolute Gasteiger partial charge is 0.464 e. The zero-order valence-electron chi connectivity index (χ0n) is 12.2. The van der Waals surface area contributed by atoms with Crippen molar-refractivity contribution in [2.75, 3.05) is 0 Å². The van der Waals surface area contributed by atoms with Crippen LogP contribution in [0.5, 0.6) is 11.5 Å². The molecule has 3 aromatic rings. The summed E-state index contributed by atoms with van der Waals surface area (Å²) in [5.41, 5.74) is -1.51. The van der Waals surface area contributed by atoms with Gasteiger partial charge in [-0.15, -0.1) is 0 Å². The summed E-state index contributed by atoms with van der Waals surface area (Å²) in [4.78, 5) is 0. The minimum Gasteiger partial charge on any atom is -0.464 e. The lowest BCUT2D eigenvalue weighted by Gasteiger charge is -2.12. The van der Waals surface area contributed by atoms with Crippen molar-refractivity contribution >= 4 is 0 Å². The van der Waals surface area contributed by atoms with Gasteiger partial charge in [0, 0.05) is 0 Å². The van der Waals surface area contributed by atoms with Crippen LogP contribution in [0.4, 0.5) is 26.3 Å². The van der Waals surface area contributed by atoms with Crippen molar-refractivity contribution < 1.29 is 35.5 Å². The summed E-state index contributed by atoms with van der Waals surface area (Å²) < 4.78 is 89.1. The van der Waals surface area contributed by atoms with Gasteiger partial charge in [-0.3, -0.25) is 0 Å². The first-order chi connectivity index (χ1) is 11.8. The fourth-order valence-corrected chi connectivity index (χ4v) is 2.13. The normalized spacial score (nSPS) is 11.6. The Morgan fingerprint density at radius 1 is 0.840 bits per heavy atom. The first-order valence-electron chi connectivity index (χ1n) is 6.83. The fourth-order valence-electron chi connectivity index (χ4n) is 2.13. The van der Waals surface area contributed by atoms with Gasteiger partial charge in [0.15, 0.2) is 17.4 Å². The number of ether oxygens (including phenoxy) is 1. The molecule has 0 atom stereocenters. The molecule has 0 aliphatic carbocycles. The maximum Gasteiger partial charge on any atom is 0.416 e. The average Bonchev–Trinajstić information content (AvgIpc) is 3.05. The van der Waals surface area contributed by atoms with Crippen LogP contribution in [0.25, 0.3) is 11.3 Å². The van der Waals surface area contributed by atoms with Crippen LogP contribution in [0.1, 0.15) is 5.56 Å². The first-order valence-corrected chi connectivity index (χ1v) is 6.83. The molecule has 0 N–H and O–H groups in total. The van der Waals surface area contributed by atoms with Crippen molar-refractivity contribution in [3.63, 3.8) is 0 Å². The van der Waals surface area contributed by atoms with Crippen molar-refractivity contribution in [1.82, 2.24) is 0 Å². The quantitative estimate of drug-likeness (QED) is 0.522. The van der Waals surface area contributed by atoms with Gasteiger partial charge in [-0.05, 0) is 42.5 Å². The van der Waals surface area contributed by atoms with Crippen LogP contribution < -0.4 is 4.74 Å². The van der Waals surface area contributed by atoms with Crippen LogP contribution in [-0.2, 0) is 6.18 Å². The van der Waals surface area contributed by atoms with Gasteiger partial charge >= 0.3 is 6.18 Å². The van der Waals surface area contributed by atoms with Crippen molar-refractivity contribution in [1.29, 1.82) is 0 Å². The SMILES string of the molecule is Fc1ccc(Oc2c(F)cc(C(F)(F)F)cc2F)cc1-c1ccco1. The molecule has 1 aromatic heterocycles. The lowest BCUT2D eigenvalue weighted by atomic mass is 10.1. The molecule has 0 radical (unpaired) electrons. The van der Waals surface area contributed by atoms with Gasteiger partial charge in [0.2, 0.25) is 0 Å². The summed E-state index contributed by atoms with van der Waals surface area (Å²) in [7, 11) is 0. The average molecular weight is 358 g/mol. The van der Waals surface area contributed by atoms with Gasteiger partial charge in [-0.1, -0.05) is 0 Å². The lowest BCUT2D eigenvalue weighted by molar-refractivity contribution is -0.138. The van der Waals surface area contributed by atoms with Gasteiger partial charge in [0.05, 0.1) is 17.4 Å². The number of halogens is 6. The van der Waals surface area contributed by atoms with E-state index in [0.717, 1.165) is 18.2 Å². The Balaban J connectivity index is 1.97. The first kappa shape index (κ1) is 16.9. The summed E-state index contributed by atoms with van der Waals surface area (Å²) in [6, 6.07) is 6.39. The Kier molecular flexibility index (Phi) is 4.20. The Labute approximate surface area is 137 Å². The van der Waals surface area contributed by atoms with Crippen LogP contribution in [0.2, 0.25) is 0 Å². The third-order valence-corrected chi connectivity index (χ3v) is 3.27. The highest BCUT2D eigenvalue weighted by Gasteiger charge is 2.33. The van der Waals surface area contributed by atoms with E-state index in [4.69, 9.17) is 9.15 Å². The second-order valence-corrected chi connectivity index (χ2v) is 4.99. The van der Waals surface area contributed by atoms with Gasteiger partial charge in [0.1, 0.15) is 17.3 Å². The maximum absolute atomic E-state index is 13.8. The monoisotopic (exact) mass is 358 g/mol. The molecule has 0 unspecified atom stereocenters. The topological polar surface area (TPSA) is 22.4 Å². The van der Waals surface area contributed by atoms with Crippen LogP contribution in [0, 0.1) is 17.5 Å². The van der Waals surface area contributed by atoms with E-state index in [1.807, 2.05) is 0 Å². The number of furan rings is 1. The fraction of sp³-hybridized carbons (Fsp3) is 0.0588. The van der Waals surface area contributed by atoms with Crippen LogP contribution in [0.3, 0.4) is 0 Å². The molecule has 0 amide bonds. The second-order valence-electron chi connectivity index (χ2n) is 4.99. The highest BCUT2D eigenvalue weighted by molar-refractivity contribution is 5.60. The summed E-state index contributed by atoms with van der Waals surface area (Å²) >= 11 is 0. The van der Waals surface area contributed by atoms with E-state index in [2.05, 4.69) is 0 Å². The van der Waals surface area contributed by atoms with Crippen LogP contribution in [-0.4, -0.2) is 0 Å². The number of rotatable bonds is 3. The smallest absolute Gasteiger partial charge is 0.416 e. The zero-order chi connectivity index (χ0) is 18.2. The summed E-state index contributed by atoms with van der Waals surface area (Å²) in [6.07, 6.45) is -3.60. The summed E-state index contributed by atoms with van der Waals surface area (Å²) in [5.74, 6) is -4.78. The Bertz CT molecular complexity index is 877. The van der Waals surface area contributed by atoms with E-state index < -0.39 is 34.9 Å². The standard InChI is InChI=1S/C17H8F6O2/c18-12-4-3-10(8-11(12)15-2-1-5-24-15)25-16-13(19)6-9(7-14(16)20)17(21,22)23/h1-8H. The van der Waals surface area contributed by atoms with Crippen molar-refractivity contribution in [3.05, 3.63) is 71.7 Å². The van der Waals surface area contributed by atoms with E-state index in [-0.39, 0.29) is 29.2 Å². The molecule has 2 nitrogen and oxygen atoms in total. The van der Waals surface area contributed by atoms with Crippen molar-refractivity contribution in [3.8, 4) is 22.8 Å². The minimum atomic E-state index is -4.90. The molecule has 0 aliphatic heterocycles. The summed E-state index contributed by atoms with van der Waals surface area (Å²) in [6.45, 7) is 0. The van der Waals surface area contributed by atoms with Gasteiger partial charge in [-0.2, -0.15) is 13.2 Å². The van der Waals surface area contributed by atoms with Gasteiger partial charge in [-0.25, -0.2) is 13.2 Å². The molecule has 0 aliphatic rings. The zero-order valence-corrected chi connectivity index (χ0v) is 12.2. The third-order valence-electron chi connectivity index (χ3n) is 3.27. The summed E-state index contributed by atoms with van der Waals surface area (Å²) in [5, 5.41) is 0. The predicted molar refractivity (Wildman–Crippen MR) is 75.5 cm³/mol. The van der Waals surface area contributed by atoms with Gasteiger partial charge in [0.25, 0.3) is 0 Å². The van der Waals surface area contributed by atoms with Crippen molar-refractivity contribution in [2.45, 2.75) is 6.18 Å². The maximum atomic E-state index is 13.8. The highest BCUT2D eigenvalue weighted by Crippen LogP contribution is 2.36. The van der Waals surface area contributed by atoms with E-state index in [0.29, 0.717) is 0 Å². The van der Waals surface area contributed by atoms with Crippen LogP contribution >= 0.6 is 0 Å². The molecule has 0 saturated carbocycles. The van der Waals surface area contributed by atoms with Crippen LogP contribution in [0.15, 0.2) is 53.1 Å². The lowest BCUT2D eigenvalue weighted by Crippen LogP contribution is -2.07. The molecule has 25 heavy (non-hydrogen) atoms. The molecule has 3 rings (SSSR count). The number of alkyl halides is 3. The van der Waals surface area contributed by atoms with E-state index >= 15 is 0 Å². The Morgan fingerprint density at radius 2 is 1.52 bits per heavy atom. The third kappa shape index (κ3) is 3.47. The molecule has 0 bridgehead atoms. The van der Waals surface area contributed by atoms with Crippen molar-refractivity contribution in [2.24, 2.45) is 0 Å². The van der Waals surface area contributed by atoms with E-state index in [1.54, 1.807) is 0 Å². The molecule has 8 heteroatoms. The predicted octanol–water partition coefficient (Wildman–Crippen LogP) is 6.18. The molecular weight excluding hydrogens is 350 g/mol. The molecule has 130 valence electrons. The Morgan fingerprint density at radius 3 is 2.08 bits per heavy atom. The number of hydrogen-bond acceptors (Lipinski definition) is 2. The van der Waals surface area contributed by atoms with E-state index in [1.165, 1.54) is 18.4 Å². The molecule has 0 spiro atoms. The molecular formula is C17H8F6O2. The molecule has 0 saturated heterocycles. The minimum absolute atomic E-state index is 0.0322. The number of hydrogen-bond donors (Lipinski definition) is 0. The number of benzene rings is 2. The molecule has 2 aromatic carbocycles. The van der Waals surface area contributed by atoms with E-state index in [9.17, 15) is 26.3 Å². The Hall–Kier alpha value is -2.90. The second kappa shape index (κ2) is 6.19. The molecule has 0 fully saturated rings. The highest BCUT2D eigenvalue weighted by atomic mass is 19.4. The molecule has 1 heterocycles. The van der Waals surface area contributed by atoms with Gasteiger partial charge < -0.3 is 9.15 Å².